The fraction of sp³-hybridized carbons (Fsp3) is 0.667. The maximum atomic E-state index is 10.9. The lowest BCUT2D eigenvalue weighted by Crippen LogP contribution is -2.02. The van der Waals surface area contributed by atoms with E-state index in [-0.39, 0.29) is 0 Å². The number of allylic oxidation sites excluding steroid dienone is 1. The van der Waals surface area contributed by atoms with Crippen LogP contribution < -0.4 is 0 Å². The topological polar surface area (TPSA) is 17.1 Å². The Balaban J connectivity index is 3.46. The van der Waals surface area contributed by atoms with Crippen LogP contribution >= 0.6 is 0 Å². The molecule has 1 heteroatoms. The molecule has 58 valence electrons. The third-order valence-corrected chi connectivity index (χ3v) is 1.54. The third kappa shape index (κ3) is 4.30. The van der Waals surface area contributed by atoms with Crippen molar-refractivity contribution in [2.75, 3.05) is 0 Å². The van der Waals surface area contributed by atoms with Crippen molar-refractivity contribution in [2.45, 2.75) is 33.1 Å². The van der Waals surface area contributed by atoms with Crippen LogP contribution in [0.25, 0.3) is 0 Å². The van der Waals surface area contributed by atoms with Crippen LogP contribution in [0.15, 0.2) is 12.7 Å². The smallest absolute Gasteiger partial charge is 0.132 e. The van der Waals surface area contributed by atoms with Gasteiger partial charge >= 0.3 is 0 Å². The van der Waals surface area contributed by atoms with E-state index in [4.69, 9.17) is 0 Å². The first-order valence-corrected chi connectivity index (χ1v) is 3.83. The van der Waals surface area contributed by atoms with Gasteiger partial charge in [0.2, 0.25) is 0 Å². The molecule has 0 saturated carbocycles. The van der Waals surface area contributed by atoms with Gasteiger partial charge in [-0.25, -0.2) is 0 Å². The summed E-state index contributed by atoms with van der Waals surface area (Å²) < 4.78 is 0. The normalized spacial score (nSPS) is 12.6. The van der Waals surface area contributed by atoms with Crippen molar-refractivity contribution < 1.29 is 4.79 Å². The SMILES string of the molecule is C=CC[C@@H](C)CC(=O)CC. The maximum Gasteiger partial charge on any atom is 0.132 e. The summed E-state index contributed by atoms with van der Waals surface area (Å²) in [5, 5.41) is 0. The number of hydrogen-bond donors (Lipinski definition) is 0. The van der Waals surface area contributed by atoms with Gasteiger partial charge in [0.25, 0.3) is 0 Å². The average molecular weight is 140 g/mol. The van der Waals surface area contributed by atoms with Gasteiger partial charge in [0.05, 0.1) is 0 Å². The summed E-state index contributed by atoms with van der Waals surface area (Å²) in [6.45, 7) is 7.61. The Kier molecular flexibility index (Phi) is 4.91. The molecular weight excluding hydrogens is 124 g/mol. The van der Waals surface area contributed by atoms with Crippen LogP contribution in [0.4, 0.5) is 0 Å². The molecule has 10 heavy (non-hydrogen) atoms. The highest BCUT2D eigenvalue weighted by Gasteiger charge is 2.04. The van der Waals surface area contributed by atoms with Crippen molar-refractivity contribution in [2.24, 2.45) is 5.92 Å². The van der Waals surface area contributed by atoms with Gasteiger partial charge in [-0.1, -0.05) is 19.9 Å². The maximum absolute atomic E-state index is 10.9. The predicted octanol–water partition coefficient (Wildman–Crippen LogP) is 2.57. The summed E-state index contributed by atoms with van der Waals surface area (Å²) in [6, 6.07) is 0. The van der Waals surface area contributed by atoms with Gasteiger partial charge in [-0.05, 0) is 12.3 Å². The van der Waals surface area contributed by atoms with Crippen molar-refractivity contribution >= 4 is 5.78 Å². The second-order valence-corrected chi connectivity index (χ2v) is 2.73. The Morgan fingerprint density at radius 2 is 2.30 bits per heavy atom. The zero-order valence-electron chi connectivity index (χ0n) is 6.89. The molecule has 0 amide bonds. The largest absolute Gasteiger partial charge is 0.300 e. The van der Waals surface area contributed by atoms with Crippen molar-refractivity contribution in [1.82, 2.24) is 0 Å². The van der Waals surface area contributed by atoms with Crippen LogP contribution in [0.2, 0.25) is 0 Å². The summed E-state index contributed by atoms with van der Waals surface area (Å²) in [4.78, 5) is 10.9. The zero-order valence-corrected chi connectivity index (χ0v) is 6.89. The molecule has 0 aliphatic rings. The molecule has 0 aliphatic carbocycles. The lowest BCUT2D eigenvalue weighted by molar-refractivity contribution is -0.119. The minimum absolute atomic E-state index is 0.356. The lowest BCUT2D eigenvalue weighted by atomic mass is 10.0. The number of carbonyl (C=O) groups is 1. The minimum Gasteiger partial charge on any atom is -0.300 e. The Bertz CT molecular complexity index is 116. The van der Waals surface area contributed by atoms with Crippen molar-refractivity contribution in [1.29, 1.82) is 0 Å². The highest BCUT2D eigenvalue weighted by atomic mass is 16.1. The molecular formula is C9H16O. The van der Waals surface area contributed by atoms with Gasteiger partial charge in [-0.2, -0.15) is 0 Å². The number of hydrogen-bond acceptors (Lipinski definition) is 1. The molecule has 0 heterocycles. The number of Topliss-reactive ketones (excluding diaryl/α,β-unsaturated/α-hetero) is 1. The molecule has 0 aromatic rings. The predicted molar refractivity (Wildman–Crippen MR) is 43.9 cm³/mol. The van der Waals surface area contributed by atoms with Crippen LogP contribution in [0.1, 0.15) is 33.1 Å². The van der Waals surface area contributed by atoms with Crippen LogP contribution in [0.5, 0.6) is 0 Å². The van der Waals surface area contributed by atoms with Crippen LogP contribution in [-0.4, -0.2) is 5.78 Å². The molecule has 0 fully saturated rings. The van der Waals surface area contributed by atoms with Gasteiger partial charge in [0, 0.05) is 12.8 Å². The molecule has 1 nitrogen and oxygen atoms in total. The van der Waals surface area contributed by atoms with Crippen LogP contribution in [0.3, 0.4) is 0 Å². The van der Waals surface area contributed by atoms with E-state index in [1.165, 1.54) is 0 Å². The lowest BCUT2D eigenvalue weighted by Gasteiger charge is -2.04. The first-order valence-electron chi connectivity index (χ1n) is 3.83. The Labute approximate surface area is 63.1 Å². The van der Waals surface area contributed by atoms with Gasteiger partial charge in [-0.15, -0.1) is 6.58 Å². The summed E-state index contributed by atoms with van der Waals surface area (Å²) in [7, 11) is 0. The summed E-state index contributed by atoms with van der Waals surface area (Å²) >= 11 is 0. The number of ketones is 1. The highest BCUT2D eigenvalue weighted by Crippen LogP contribution is 2.08. The van der Waals surface area contributed by atoms with E-state index in [0.717, 1.165) is 6.42 Å². The van der Waals surface area contributed by atoms with Crippen molar-refractivity contribution in [3.8, 4) is 0 Å². The Hall–Kier alpha value is -0.590. The van der Waals surface area contributed by atoms with E-state index >= 15 is 0 Å². The fourth-order valence-electron chi connectivity index (χ4n) is 0.901. The molecule has 0 radical (unpaired) electrons. The second kappa shape index (κ2) is 5.21. The highest BCUT2D eigenvalue weighted by molar-refractivity contribution is 5.78. The van der Waals surface area contributed by atoms with Crippen LogP contribution in [-0.2, 0) is 4.79 Å². The molecule has 0 bridgehead atoms. The molecule has 0 aliphatic heterocycles. The number of carbonyl (C=O) groups excluding carboxylic acids is 1. The van der Waals surface area contributed by atoms with Crippen molar-refractivity contribution in [3.05, 3.63) is 12.7 Å². The van der Waals surface area contributed by atoms with Gasteiger partial charge in [0.1, 0.15) is 5.78 Å². The molecule has 0 N–H and O–H groups in total. The third-order valence-electron chi connectivity index (χ3n) is 1.54. The number of rotatable bonds is 5. The van der Waals surface area contributed by atoms with Gasteiger partial charge in [0.15, 0.2) is 0 Å². The Morgan fingerprint density at radius 3 is 2.70 bits per heavy atom. The molecule has 0 aromatic carbocycles. The molecule has 0 spiro atoms. The van der Waals surface area contributed by atoms with E-state index < -0.39 is 0 Å². The first-order chi connectivity index (χ1) is 4.70. The molecule has 0 unspecified atom stereocenters. The second-order valence-electron chi connectivity index (χ2n) is 2.73. The monoisotopic (exact) mass is 140 g/mol. The fourth-order valence-corrected chi connectivity index (χ4v) is 0.901. The quantitative estimate of drug-likeness (QED) is 0.536. The minimum atomic E-state index is 0.356. The van der Waals surface area contributed by atoms with Gasteiger partial charge in [-0.3, -0.25) is 4.79 Å². The molecule has 0 saturated heterocycles. The standard InChI is InChI=1S/C9H16O/c1-4-6-8(3)7-9(10)5-2/h4,8H,1,5-7H2,2-3H3/t8-/m1/s1. The summed E-state index contributed by atoms with van der Waals surface area (Å²) in [5.41, 5.74) is 0. The van der Waals surface area contributed by atoms with E-state index in [1.807, 2.05) is 13.0 Å². The molecule has 0 rings (SSSR count). The zero-order chi connectivity index (χ0) is 7.98. The van der Waals surface area contributed by atoms with E-state index in [2.05, 4.69) is 13.5 Å². The molecule has 0 aromatic heterocycles. The first kappa shape index (κ1) is 9.41. The van der Waals surface area contributed by atoms with E-state index in [0.29, 0.717) is 24.5 Å². The Morgan fingerprint density at radius 1 is 1.70 bits per heavy atom. The van der Waals surface area contributed by atoms with E-state index in [1.54, 1.807) is 0 Å². The van der Waals surface area contributed by atoms with Crippen molar-refractivity contribution in [3.63, 3.8) is 0 Å². The van der Waals surface area contributed by atoms with Crippen LogP contribution in [0, 0.1) is 5.92 Å². The molecule has 1 atom stereocenters. The summed E-state index contributed by atoms with van der Waals surface area (Å²) in [6.07, 6.45) is 4.20. The average Bonchev–Trinajstić information content (AvgIpc) is 1.88. The van der Waals surface area contributed by atoms with Gasteiger partial charge < -0.3 is 0 Å². The summed E-state index contributed by atoms with van der Waals surface area (Å²) in [5.74, 6) is 0.833. The van der Waals surface area contributed by atoms with E-state index in [9.17, 15) is 4.79 Å².